The van der Waals surface area contributed by atoms with E-state index in [2.05, 4.69) is 5.32 Å². The van der Waals surface area contributed by atoms with E-state index >= 15 is 0 Å². The highest BCUT2D eigenvalue weighted by atomic mass is 16.5. The number of piperidine rings is 1. The van der Waals surface area contributed by atoms with E-state index in [0.29, 0.717) is 35.9 Å². The molecule has 30 heavy (non-hydrogen) atoms. The fourth-order valence-corrected chi connectivity index (χ4v) is 3.54. The molecule has 3 aromatic rings. The Hall–Kier alpha value is -3.48. The third kappa shape index (κ3) is 4.56. The zero-order valence-electron chi connectivity index (χ0n) is 16.8. The summed E-state index contributed by atoms with van der Waals surface area (Å²) in [7, 11) is 0. The molecule has 156 valence electrons. The second kappa shape index (κ2) is 8.90. The minimum atomic E-state index is -0.233. The lowest BCUT2D eigenvalue weighted by atomic mass is 10.0. The van der Waals surface area contributed by atoms with Crippen LogP contribution in [0.3, 0.4) is 0 Å². The van der Waals surface area contributed by atoms with Crippen molar-refractivity contribution in [2.75, 3.05) is 13.1 Å². The maximum absolute atomic E-state index is 12.8. The summed E-state index contributed by atoms with van der Waals surface area (Å²) in [5, 5.41) is 3.02. The molecule has 7 heteroatoms. The number of nitrogens with zero attached hydrogens (tertiary/aromatic N) is 1. The van der Waals surface area contributed by atoms with E-state index < -0.39 is 0 Å². The Balaban J connectivity index is 1.35. The molecule has 0 saturated carbocycles. The van der Waals surface area contributed by atoms with Gasteiger partial charge in [-0.25, -0.2) is 0 Å². The number of carbonyl (C=O) groups is 2. The van der Waals surface area contributed by atoms with Gasteiger partial charge in [0.25, 0.3) is 11.8 Å². The number of hydrogen-bond donors (Lipinski definition) is 1. The quantitative estimate of drug-likeness (QED) is 0.671. The van der Waals surface area contributed by atoms with Crippen molar-refractivity contribution in [1.82, 2.24) is 10.2 Å². The van der Waals surface area contributed by atoms with Crippen LogP contribution in [0.2, 0.25) is 0 Å². The zero-order valence-corrected chi connectivity index (χ0v) is 16.8. The fraction of sp³-hybridized carbons (Fsp3) is 0.304. The molecule has 1 aromatic carbocycles. The number of benzene rings is 1. The molecule has 1 aliphatic heterocycles. The molecule has 2 aromatic heterocycles. The summed E-state index contributed by atoms with van der Waals surface area (Å²) < 4.78 is 16.4. The smallest absolute Gasteiger partial charge is 0.289 e. The number of amides is 2. The highest BCUT2D eigenvalue weighted by molar-refractivity contribution is 5.95. The van der Waals surface area contributed by atoms with E-state index in [9.17, 15) is 9.59 Å². The standard InChI is InChI=1S/C23H24N2O5/c1-16-6-8-18(9-7-16)30-15-21-19(10-13-29-21)22(26)24-17-4-2-11-25(14-17)23(27)20-5-3-12-28-20/h3,5-10,12-13,17H,2,4,11,14-15H2,1H3,(H,24,26). The van der Waals surface area contributed by atoms with Gasteiger partial charge < -0.3 is 23.8 Å². The van der Waals surface area contributed by atoms with Crippen molar-refractivity contribution < 1.29 is 23.2 Å². The van der Waals surface area contributed by atoms with Crippen LogP contribution in [-0.2, 0) is 6.61 Å². The van der Waals surface area contributed by atoms with Gasteiger partial charge in [-0.05, 0) is 50.1 Å². The first-order chi connectivity index (χ1) is 14.6. The van der Waals surface area contributed by atoms with Crippen LogP contribution in [0.15, 0.2) is 63.8 Å². The van der Waals surface area contributed by atoms with Gasteiger partial charge in [-0.15, -0.1) is 0 Å². The molecule has 1 fully saturated rings. The van der Waals surface area contributed by atoms with E-state index in [0.717, 1.165) is 18.4 Å². The summed E-state index contributed by atoms with van der Waals surface area (Å²) in [6, 6.07) is 12.5. The summed E-state index contributed by atoms with van der Waals surface area (Å²) >= 11 is 0. The second-order valence-electron chi connectivity index (χ2n) is 7.40. The summed E-state index contributed by atoms with van der Waals surface area (Å²) in [5.74, 6) is 1.10. The summed E-state index contributed by atoms with van der Waals surface area (Å²) in [6.45, 7) is 3.26. The lowest BCUT2D eigenvalue weighted by Gasteiger charge is -2.32. The number of likely N-dealkylation sites (tertiary alicyclic amines) is 1. The predicted molar refractivity (Wildman–Crippen MR) is 109 cm³/mol. The fourth-order valence-electron chi connectivity index (χ4n) is 3.54. The average molecular weight is 408 g/mol. The van der Waals surface area contributed by atoms with Crippen molar-refractivity contribution in [3.63, 3.8) is 0 Å². The number of hydrogen-bond acceptors (Lipinski definition) is 5. The molecule has 1 saturated heterocycles. The van der Waals surface area contributed by atoms with E-state index in [1.165, 1.54) is 12.5 Å². The third-order valence-electron chi connectivity index (χ3n) is 5.16. The molecule has 1 unspecified atom stereocenters. The van der Waals surface area contributed by atoms with Crippen LogP contribution in [0.25, 0.3) is 0 Å². The number of rotatable bonds is 6. The maximum atomic E-state index is 12.8. The lowest BCUT2D eigenvalue weighted by molar-refractivity contribution is 0.0646. The van der Waals surface area contributed by atoms with E-state index in [-0.39, 0.29) is 24.5 Å². The van der Waals surface area contributed by atoms with Crippen LogP contribution < -0.4 is 10.1 Å². The third-order valence-corrected chi connectivity index (χ3v) is 5.16. The van der Waals surface area contributed by atoms with Gasteiger partial charge in [0.1, 0.15) is 12.4 Å². The number of ether oxygens (including phenoxy) is 1. The van der Waals surface area contributed by atoms with Gasteiger partial charge in [-0.2, -0.15) is 0 Å². The molecule has 0 aliphatic carbocycles. The highest BCUT2D eigenvalue weighted by Gasteiger charge is 2.28. The minimum Gasteiger partial charge on any atom is -0.486 e. The van der Waals surface area contributed by atoms with Gasteiger partial charge in [-0.3, -0.25) is 9.59 Å². The Morgan fingerprint density at radius 1 is 1.13 bits per heavy atom. The second-order valence-corrected chi connectivity index (χ2v) is 7.40. The Morgan fingerprint density at radius 3 is 2.73 bits per heavy atom. The molecular weight excluding hydrogens is 384 g/mol. The Bertz CT molecular complexity index is 991. The predicted octanol–water partition coefficient (Wildman–Crippen LogP) is 3.79. The van der Waals surface area contributed by atoms with Crippen LogP contribution in [0.1, 0.15) is 45.1 Å². The summed E-state index contributed by atoms with van der Waals surface area (Å²) in [6.07, 6.45) is 4.58. The molecule has 2 amide bonds. The molecule has 0 spiro atoms. The van der Waals surface area contributed by atoms with Gasteiger partial charge >= 0.3 is 0 Å². The van der Waals surface area contributed by atoms with Crippen LogP contribution in [-0.4, -0.2) is 35.8 Å². The molecule has 3 heterocycles. The number of nitrogens with one attached hydrogen (secondary N) is 1. The van der Waals surface area contributed by atoms with Gasteiger partial charge in [0.15, 0.2) is 11.5 Å². The first-order valence-electron chi connectivity index (χ1n) is 9.99. The van der Waals surface area contributed by atoms with Gasteiger partial charge in [0, 0.05) is 19.1 Å². The van der Waals surface area contributed by atoms with E-state index in [4.69, 9.17) is 13.6 Å². The van der Waals surface area contributed by atoms with E-state index in [1.54, 1.807) is 23.1 Å². The highest BCUT2D eigenvalue weighted by Crippen LogP contribution is 2.19. The Kier molecular flexibility index (Phi) is 5.88. The zero-order chi connectivity index (χ0) is 20.9. The topological polar surface area (TPSA) is 84.9 Å². The molecular formula is C23H24N2O5. The van der Waals surface area contributed by atoms with Crippen LogP contribution in [0.5, 0.6) is 5.75 Å². The molecule has 7 nitrogen and oxygen atoms in total. The monoisotopic (exact) mass is 408 g/mol. The summed E-state index contributed by atoms with van der Waals surface area (Å²) in [4.78, 5) is 27.0. The van der Waals surface area contributed by atoms with Gasteiger partial charge in [0.05, 0.1) is 18.1 Å². The number of furan rings is 2. The molecule has 1 N–H and O–H groups in total. The Labute approximate surface area is 174 Å². The first-order valence-corrected chi connectivity index (χ1v) is 9.99. The SMILES string of the molecule is Cc1ccc(OCc2occc2C(=O)NC2CCCN(C(=O)c3ccco3)C2)cc1. The average Bonchev–Trinajstić information content (AvgIpc) is 3.45. The molecule has 0 radical (unpaired) electrons. The molecule has 4 rings (SSSR count). The van der Waals surface area contributed by atoms with Crippen LogP contribution >= 0.6 is 0 Å². The normalized spacial score (nSPS) is 16.3. The van der Waals surface area contributed by atoms with Crippen molar-refractivity contribution in [2.45, 2.75) is 32.4 Å². The Morgan fingerprint density at radius 2 is 1.97 bits per heavy atom. The van der Waals surface area contributed by atoms with Gasteiger partial charge in [-0.1, -0.05) is 17.7 Å². The number of aryl methyl sites for hydroxylation is 1. The lowest BCUT2D eigenvalue weighted by Crippen LogP contribution is -2.49. The summed E-state index contributed by atoms with van der Waals surface area (Å²) in [5.41, 5.74) is 1.59. The van der Waals surface area contributed by atoms with Crippen molar-refractivity contribution in [3.8, 4) is 5.75 Å². The van der Waals surface area contributed by atoms with Gasteiger partial charge in [0.2, 0.25) is 0 Å². The molecule has 1 atom stereocenters. The minimum absolute atomic E-state index is 0.133. The largest absolute Gasteiger partial charge is 0.486 e. The van der Waals surface area contributed by atoms with Crippen molar-refractivity contribution >= 4 is 11.8 Å². The molecule has 0 bridgehead atoms. The van der Waals surface area contributed by atoms with E-state index in [1.807, 2.05) is 31.2 Å². The first kappa shape index (κ1) is 19.8. The maximum Gasteiger partial charge on any atom is 0.289 e. The number of carbonyl (C=O) groups excluding carboxylic acids is 2. The molecule has 1 aliphatic rings. The van der Waals surface area contributed by atoms with Crippen LogP contribution in [0, 0.1) is 6.92 Å². The van der Waals surface area contributed by atoms with Crippen LogP contribution in [0.4, 0.5) is 0 Å². The van der Waals surface area contributed by atoms with Crippen molar-refractivity contribution in [1.29, 1.82) is 0 Å². The van der Waals surface area contributed by atoms with Crippen molar-refractivity contribution in [3.05, 3.63) is 77.6 Å². The van der Waals surface area contributed by atoms with Crippen molar-refractivity contribution in [2.24, 2.45) is 0 Å².